The second-order valence-corrected chi connectivity index (χ2v) is 4.68. The minimum Gasteiger partial charge on any atom is -0.358 e. The number of aromatic nitrogens is 1. The van der Waals surface area contributed by atoms with Crippen molar-refractivity contribution in [3.05, 3.63) is 46.6 Å². The standard InChI is InChI=1S/C15H20N2/c1-10-5-6-11(2)14(7-10)15-8-13(9-16-4)12(3)17-15/h5-8,16-17H,9H2,1-4H3. The van der Waals surface area contributed by atoms with Gasteiger partial charge < -0.3 is 10.3 Å². The molecule has 2 rings (SSSR count). The van der Waals surface area contributed by atoms with Crippen LogP contribution in [0.4, 0.5) is 0 Å². The number of rotatable bonds is 3. The summed E-state index contributed by atoms with van der Waals surface area (Å²) in [5, 5.41) is 3.20. The van der Waals surface area contributed by atoms with Crippen LogP contribution >= 0.6 is 0 Å². The predicted octanol–water partition coefficient (Wildman–Crippen LogP) is 3.33. The van der Waals surface area contributed by atoms with E-state index in [9.17, 15) is 0 Å². The average molecular weight is 228 g/mol. The molecular weight excluding hydrogens is 208 g/mol. The summed E-state index contributed by atoms with van der Waals surface area (Å²) in [6.07, 6.45) is 0. The van der Waals surface area contributed by atoms with Gasteiger partial charge in [0.05, 0.1) is 0 Å². The number of hydrogen-bond acceptors (Lipinski definition) is 1. The first-order valence-corrected chi connectivity index (χ1v) is 6.02. The van der Waals surface area contributed by atoms with Crippen molar-refractivity contribution in [1.29, 1.82) is 0 Å². The maximum atomic E-state index is 3.47. The van der Waals surface area contributed by atoms with Crippen LogP contribution in [0.25, 0.3) is 11.3 Å². The number of nitrogens with one attached hydrogen (secondary N) is 2. The molecule has 0 radical (unpaired) electrons. The van der Waals surface area contributed by atoms with Crippen molar-refractivity contribution < 1.29 is 0 Å². The highest BCUT2D eigenvalue weighted by Gasteiger charge is 2.08. The van der Waals surface area contributed by atoms with E-state index < -0.39 is 0 Å². The molecule has 0 amide bonds. The van der Waals surface area contributed by atoms with Crippen LogP contribution < -0.4 is 5.32 Å². The fraction of sp³-hybridized carbons (Fsp3) is 0.333. The van der Waals surface area contributed by atoms with Gasteiger partial charge >= 0.3 is 0 Å². The monoisotopic (exact) mass is 228 g/mol. The molecule has 0 atom stereocenters. The van der Waals surface area contributed by atoms with Crippen LogP contribution in [0, 0.1) is 20.8 Å². The molecular formula is C15H20N2. The van der Waals surface area contributed by atoms with Gasteiger partial charge in [-0.1, -0.05) is 17.7 Å². The summed E-state index contributed by atoms with van der Waals surface area (Å²) in [5.74, 6) is 0. The van der Waals surface area contributed by atoms with Gasteiger partial charge in [-0.05, 0) is 51.1 Å². The van der Waals surface area contributed by atoms with Crippen LogP contribution in [0.5, 0.6) is 0 Å². The van der Waals surface area contributed by atoms with Gasteiger partial charge in [0, 0.05) is 23.5 Å². The van der Waals surface area contributed by atoms with Crippen LogP contribution in [0.15, 0.2) is 24.3 Å². The van der Waals surface area contributed by atoms with Crippen molar-refractivity contribution in [2.75, 3.05) is 7.05 Å². The zero-order chi connectivity index (χ0) is 12.4. The van der Waals surface area contributed by atoms with E-state index in [-0.39, 0.29) is 0 Å². The maximum absolute atomic E-state index is 3.47. The number of H-pyrrole nitrogens is 1. The SMILES string of the molecule is CNCc1cc(-c2cc(C)ccc2C)[nH]c1C. The molecule has 0 spiro atoms. The lowest BCUT2D eigenvalue weighted by Crippen LogP contribution is -2.04. The Kier molecular flexibility index (Phi) is 3.34. The Labute approximate surface area is 103 Å². The van der Waals surface area contributed by atoms with Crippen LogP contribution in [0.2, 0.25) is 0 Å². The number of aromatic amines is 1. The van der Waals surface area contributed by atoms with Gasteiger partial charge in [-0.15, -0.1) is 0 Å². The van der Waals surface area contributed by atoms with Crippen LogP contribution in [-0.4, -0.2) is 12.0 Å². The highest BCUT2D eigenvalue weighted by Crippen LogP contribution is 2.25. The van der Waals surface area contributed by atoms with E-state index >= 15 is 0 Å². The molecule has 2 heteroatoms. The third-order valence-electron chi connectivity index (χ3n) is 3.17. The van der Waals surface area contributed by atoms with Crippen LogP contribution in [-0.2, 0) is 6.54 Å². The van der Waals surface area contributed by atoms with Gasteiger partial charge in [0.25, 0.3) is 0 Å². The van der Waals surface area contributed by atoms with Gasteiger partial charge in [-0.25, -0.2) is 0 Å². The van der Waals surface area contributed by atoms with Crippen molar-refractivity contribution in [2.24, 2.45) is 0 Å². The Morgan fingerprint density at radius 3 is 2.59 bits per heavy atom. The minimum absolute atomic E-state index is 0.910. The zero-order valence-electron chi connectivity index (χ0n) is 11.0. The number of benzene rings is 1. The van der Waals surface area contributed by atoms with Gasteiger partial charge in [0.1, 0.15) is 0 Å². The summed E-state index contributed by atoms with van der Waals surface area (Å²) in [5.41, 5.74) is 7.71. The summed E-state index contributed by atoms with van der Waals surface area (Å²) < 4.78 is 0. The van der Waals surface area contributed by atoms with Crippen LogP contribution in [0.1, 0.15) is 22.4 Å². The summed E-state index contributed by atoms with van der Waals surface area (Å²) in [4.78, 5) is 3.47. The highest BCUT2D eigenvalue weighted by molar-refractivity contribution is 5.66. The normalized spacial score (nSPS) is 10.8. The molecule has 0 unspecified atom stereocenters. The molecule has 0 bridgehead atoms. The van der Waals surface area contributed by atoms with E-state index in [4.69, 9.17) is 0 Å². The Bertz CT molecular complexity index is 524. The lowest BCUT2D eigenvalue weighted by Gasteiger charge is -2.04. The van der Waals surface area contributed by atoms with Crippen LogP contribution in [0.3, 0.4) is 0 Å². The largest absolute Gasteiger partial charge is 0.358 e. The topological polar surface area (TPSA) is 27.8 Å². The molecule has 0 saturated carbocycles. The lowest BCUT2D eigenvalue weighted by atomic mass is 10.0. The Balaban J connectivity index is 2.45. The summed E-state index contributed by atoms with van der Waals surface area (Å²) in [6.45, 7) is 7.32. The van der Waals surface area contributed by atoms with Gasteiger partial charge in [0.15, 0.2) is 0 Å². The molecule has 1 aromatic heterocycles. The van der Waals surface area contributed by atoms with E-state index in [2.05, 4.69) is 55.3 Å². The smallest absolute Gasteiger partial charge is 0.0462 e. The van der Waals surface area contributed by atoms with E-state index in [0.29, 0.717) is 0 Å². The summed E-state index contributed by atoms with van der Waals surface area (Å²) in [6, 6.07) is 8.82. The molecule has 0 aliphatic rings. The molecule has 1 aromatic carbocycles. The van der Waals surface area contributed by atoms with E-state index in [1.54, 1.807) is 0 Å². The molecule has 0 saturated heterocycles. The first-order valence-electron chi connectivity index (χ1n) is 6.02. The fourth-order valence-electron chi connectivity index (χ4n) is 2.15. The van der Waals surface area contributed by atoms with Crippen molar-refractivity contribution in [3.63, 3.8) is 0 Å². The van der Waals surface area contributed by atoms with Gasteiger partial charge in [-0.3, -0.25) is 0 Å². The second kappa shape index (κ2) is 4.76. The maximum Gasteiger partial charge on any atom is 0.0462 e. The molecule has 2 aromatic rings. The number of hydrogen-bond donors (Lipinski definition) is 2. The molecule has 0 aliphatic heterocycles. The van der Waals surface area contributed by atoms with E-state index in [1.807, 2.05) is 7.05 Å². The fourth-order valence-corrected chi connectivity index (χ4v) is 2.15. The third-order valence-corrected chi connectivity index (χ3v) is 3.17. The highest BCUT2D eigenvalue weighted by atomic mass is 14.8. The summed E-state index contributed by atoms with van der Waals surface area (Å²) >= 11 is 0. The van der Waals surface area contributed by atoms with Gasteiger partial charge in [-0.2, -0.15) is 0 Å². The van der Waals surface area contributed by atoms with Crippen molar-refractivity contribution in [2.45, 2.75) is 27.3 Å². The van der Waals surface area contributed by atoms with Crippen molar-refractivity contribution in [3.8, 4) is 11.3 Å². The Morgan fingerprint density at radius 2 is 1.88 bits per heavy atom. The second-order valence-electron chi connectivity index (χ2n) is 4.68. The molecule has 0 aliphatic carbocycles. The quantitative estimate of drug-likeness (QED) is 0.828. The van der Waals surface area contributed by atoms with Crippen molar-refractivity contribution >= 4 is 0 Å². The van der Waals surface area contributed by atoms with Gasteiger partial charge in [0.2, 0.25) is 0 Å². The lowest BCUT2D eigenvalue weighted by molar-refractivity contribution is 0.812. The Morgan fingerprint density at radius 1 is 1.12 bits per heavy atom. The number of aryl methyl sites for hydroxylation is 3. The molecule has 2 nitrogen and oxygen atoms in total. The molecule has 90 valence electrons. The molecule has 17 heavy (non-hydrogen) atoms. The predicted molar refractivity (Wildman–Crippen MR) is 73.2 cm³/mol. The van der Waals surface area contributed by atoms with Crippen molar-refractivity contribution in [1.82, 2.24) is 10.3 Å². The minimum atomic E-state index is 0.910. The first kappa shape index (κ1) is 11.9. The first-order chi connectivity index (χ1) is 8.11. The molecule has 0 fully saturated rings. The molecule has 2 N–H and O–H groups in total. The third kappa shape index (κ3) is 2.42. The summed E-state index contributed by atoms with van der Waals surface area (Å²) in [7, 11) is 1.98. The average Bonchev–Trinajstić information content (AvgIpc) is 2.64. The molecule has 1 heterocycles. The Hall–Kier alpha value is -1.54. The van der Waals surface area contributed by atoms with E-state index in [0.717, 1.165) is 6.54 Å². The zero-order valence-corrected chi connectivity index (χ0v) is 11.0. The van der Waals surface area contributed by atoms with E-state index in [1.165, 1.54) is 33.6 Å².